The molecule has 1 unspecified atom stereocenters. The lowest BCUT2D eigenvalue weighted by Gasteiger charge is -2.15. The molecule has 3 rings (SSSR count). The Labute approximate surface area is 180 Å². The van der Waals surface area contributed by atoms with Gasteiger partial charge in [-0.2, -0.15) is 0 Å². The molecule has 0 aromatic heterocycles. The first-order valence-corrected chi connectivity index (χ1v) is 10.8. The van der Waals surface area contributed by atoms with Crippen molar-refractivity contribution in [2.75, 3.05) is 11.9 Å². The summed E-state index contributed by atoms with van der Waals surface area (Å²) in [6, 6.07) is 14.5. The maximum absolute atomic E-state index is 12.9. The van der Waals surface area contributed by atoms with E-state index in [1.807, 2.05) is 38.1 Å². The van der Waals surface area contributed by atoms with E-state index < -0.39 is 5.25 Å². The zero-order valence-corrected chi connectivity index (χ0v) is 18.2. The Morgan fingerprint density at radius 1 is 1.10 bits per heavy atom. The standard InChI is InChI=1S/C23H25N3O3S/c1-4-13-26-22(29)20(30-23(26)25-19-9-5-15(2)6-10-19)14-21(28)24-18-11-7-17(8-12-18)16(3)27/h5-12,20H,4,13-14H2,1-3H3,(H,24,28). The van der Waals surface area contributed by atoms with Crippen molar-refractivity contribution in [1.82, 2.24) is 4.90 Å². The fourth-order valence-corrected chi connectivity index (χ4v) is 4.24. The molecule has 1 heterocycles. The van der Waals surface area contributed by atoms with Gasteiger partial charge < -0.3 is 5.32 Å². The van der Waals surface area contributed by atoms with E-state index in [1.165, 1.54) is 18.7 Å². The second-order valence-corrected chi connectivity index (χ2v) is 8.38. The highest BCUT2D eigenvalue weighted by Gasteiger charge is 2.38. The Morgan fingerprint density at radius 3 is 2.37 bits per heavy atom. The van der Waals surface area contributed by atoms with Crippen LogP contribution in [0, 0.1) is 6.92 Å². The number of nitrogens with one attached hydrogen (secondary N) is 1. The highest BCUT2D eigenvalue weighted by molar-refractivity contribution is 8.15. The van der Waals surface area contributed by atoms with E-state index in [1.54, 1.807) is 29.2 Å². The second kappa shape index (κ2) is 9.71. The van der Waals surface area contributed by atoms with Crippen molar-refractivity contribution in [3.63, 3.8) is 0 Å². The smallest absolute Gasteiger partial charge is 0.242 e. The molecule has 6 nitrogen and oxygen atoms in total. The molecule has 0 bridgehead atoms. The predicted octanol–water partition coefficient (Wildman–Crippen LogP) is 4.57. The molecule has 1 aliphatic heterocycles. The minimum Gasteiger partial charge on any atom is -0.326 e. The first-order chi connectivity index (χ1) is 14.4. The first-order valence-electron chi connectivity index (χ1n) is 9.91. The van der Waals surface area contributed by atoms with Crippen molar-refractivity contribution in [3.05, 3.63) is 59.7 Å². The second-order valence-electron chi connectivity index (χ2n) is 7.21. The van der Waals surface area contributed by atoms with Crippen molar-refractivity contribution >= 4 is 45.9 Å². The average Bonchev–Trinajstić information content (AvgIpc) is 2.99. The van der Waals surface area contributed by atoms with Crippen molar-refractivity contribution in [1.29, 1.82) is 0 Å². The molecule has 1 saturated heterocycles. The summed E-state index contributed by atoms with van der Waals surface area (Å²) in [5, 5.41) is 2.93. The highest BCUT2D eigenvalue weighted by Crippen LogP contribution is 2.32. The minimum atomic E-state index is -0.503. The minimum absolute atomic E-state index is 0.0303. The largest absolute Gasteiger partial charge is 0.326 e. The molecule has 0 radical (unpaired) electrons. The van der Waals surface area contributed by atoms with Gasteiger partial charge in [0.2, 0.25) is 11.8 Å². The Balaban J connectivity index is 1.69. The van der Waals surface area contributed by atoms with Crippen molar-refractivity contribution in [2.45, 2.75) is 38.9 Å². The molecule has 1 N–H and O–H groups in total. The van der Waals surface area contributed by atoms with Gasteiger partial charge in [0.15, 0.2) is 11.0 Å². The molecule has 1 atom stereocenters. The van der Waals surface area contributed by atoms with Gasteiger partial charge >= 0.3 is 0 Å². The van der Waals surface area contributed by atoms with Gasteiger partial charge in [-0.1, -0.05) is 36.4 Å². The van der Waals surface area contributed by atoms with Crippen LogP contribution in [0.2, 0.25) is 0 Å². The van der Waals surface area contributed by atoms with Crippen molar-refractivity contribution in [3.8, 4) is 0 Å². The third kappa shape index (κ3) is 5.36. The van der Waals surface area contributed by atoms with Crippen LogP contribution < -0.4 is 5.32 Å². The van der Waals surface area contributed by atoms with Crippen LogP contribution in [0.4, 0.5) is 11.4 Å². The summed E-state index contributed by atoms with van der Waals surface area (Å²) >= 11 is 1.33. The zero-order chi connectivity index (χ0) is 21.7. The summed E-state index contributed by atoms with van der Waals surface area (Å²) in [6.45, 7) is 6.08. The van der Waals surface area contributed by atoms with E-state index in [2.05, 4.69) is 10.3 Å². The lowest BCUT2D eigenvalue weighted by Crippen LogP contribution is -2.34. The lowest BCUT2D eigenvalue weighted by molar-refractivity contribution is -0.128. The van der Waals surface area contributed by atoms with Gasteiger partial charge in [0, 0.05) is 24.2 Å². The van der Waals surface area contributed by atoms with E-state index in [0.717, 1.165) is 17.7 Å². The lowest BCUT2D eigenvalue weighted by atomic mass is 10.1. The predicted molar refractivity (Wildman–Crippen MR) is 121 cm³/mol. The Kier molecular flexibility index (Phi) is 7.05. The van der Waals surface area contributed by atoms with Gasteiger partial charge in [-0.15, -0.1) is 0 Å². The van der Waals surface area contributed by atoms with Crippen LogP contribution in [0.1, 0.15) is 42.6 Å². The molecule has 0 spiro atoms. The van der Waals surface area contributed by atoms with Crippen molar-refractivity contribution in [2.24, 2.45) is 4.99 Å². The molecule has 2 amide bonds. The van der Waals surface area contributed by atoms with Crippen LogP contribution >= 0.6 is 11.8 Å². The number of thioether (sulfide) groups is 1. The number of anilines is 1. The number of hydrogen-bond acceptors (Lipinski definition) is 5. The van der Waals surface area contributed by atoms with Gasteiger partial charge in [-0.05, 0) is 56.7 Å². The molecular weight excluding hydrogens is 398 g/mol. The number of aliphatic imine (C=N–C) groups is 1. The number of carbonyl (C=O) groups excluding carboxylic acids is 3. The molecule has 2 aromatic rings. The summed E-state index contributed by atoms with van der Waals surface area (Å²) in [7, 11) is 0. The molecule has 30 heavy (non-hydrogen) atoms. The van der Waals surface area contributed by atoms with Crippen LogP contribution in [0.3, 0.4) is 0 Å². The zero-order valence-electron chi connectivity index (χ0n) is 17.3. The Morgan fingerprint density at radius 2 is 1.77 bits per heavy atom. The Bertz CT molecular complexity index is 968. The summed E-state index contributed by atoms with van der Waals surface area (Å²) in [5.74, 6) is -0.364. The van der Waals surface area contributed by atoms with Crippen LogP contribution in [0.25, 0.3) is 0 Å². The van der Waals surface area contributed by atoms with Gasteiger partial charge in [-0.3, -0.25) is 19.3 Å². The van der Waals surface area contributed by atoms with Crippen LogP contribution in [-0.2, 0) is 9.59 Å². The number of aryl methyl sites for hydroxylation is 1. The maximum Gasteiger partial charge on any atom is 0.242 e. The topological polar surface area (TPSA) is 78.8 Å². The summed E-state index contributed by atoms with van der Waals surface area (Å²) in [4.78, 5) is 43.0. The van der Waals surface area contributed by atoms with E-state index in [9.17, 15) is 14.4 Å². The number of hydrogen-bond donors (Lipinski definition) is 1. The van der Waals surface area contributed by atoms with Crippen molar-refractivity contribution < 1.29 is 14.4 Å². The molecule has 156 valence electrons. The Hall–Kier alpha value is -2.93. The van der Waals surface area contributed by atoms with E-state index in [4.69, 9.17) is 0 Å². The molecule has 1 aliphatic rings. The average molecular weight is 424 g/mol. The molecule has 0 saturated carbocycles. The third-order valence-corrected chi connectivity index (χ3v) is 5.85. The van der Waals surface area contributed by atoms with Gasteiger partial charge in [0.25, 0.3) is 0 Å². The first kappa shape index (κ1) is 21.8. The third-order valence-electron chi connectivity index (χ3n) is 4.67. The van der Waals surface area contributed by atoms with Crippen LogP contribution in [0.15, 0.2) is 53.5 Å². The van der Waals surface area contributed by atoms with Crippen LogP contribution in [0.5, 0.6) is 0 Å². The maximum atomic E-state index is 12.9. The summed E-state index contributed by atoms with van der Waals surface area (Å²) < 4.78 is 0. The van der Waals surface area contributed by atoms with Gasteiger partial charge in [-0.25, -0.2) is 4.99 Å². The molecule has 1 fully saturated rings. The number of rotatable bonds is 7. The van der Waals surface area contributed by atoms with Gasteiger partial charge in [0.05, 0.1) is 5.69 Å². The monoisotopic (exact) mass is 423 g/mol. The number of nitrogens with zero attached hydrogens (tertiary/aromatic N) is 2. The number of carbonyl (C=O) groups is 3. The normalized spacial score (nSPS) is 17.4. The fraction of sp³-hybridized carbons (Fsp3) is 0.304. The summed E-state index contributed by atoms with van der Waals surface area (Å²) in [6.07, 6.45) is 0.867. The number of amides is 2. The van der Waals surface area contributed by atoms with E-state index >= 15 is 0 Å². The molecule has 0 aliphatic carbocycles. The van der Waals surface area contributed by atoms with E-state index in [-0.39, 0.29) is 24.0 Å². The number of Topliss-reactive ketones (excluding diaryl/α,β-unsaturated/α-hetero) is 1. The van der Waals surface area contributed by atoms with Gasteiger partial charge in [0.1, 0.15) is 5.25 Å². The van der Waals surface area contributed by atoms with E-state index in [0.29, 0.717) is 23.0 Å². The summed E-state index contributed by atoms with van der Waals surface area (Å²) in [5.41, 5.74) is 3.11. The quantitative estimate of drug-likeness (QED) is 0.662. The molecular formula is C23H25N3O3S. The number of ketones is 1. The fourth-order valence-electron chi connectivity index (χ4n) is 3.05. The number of benzene rings is 2. The molecule has 7 heteroatoms. The highest BCUT2D eigenvalue weighted by atomic mass is 32.2. The molecule has 2 aromatic carbocycles. The number of amidine groups is 1. The SMILES string of the molecule is CCCN1C(=O)C(CC(=O)Nc2ccc(C(C)=O)cc2)SC1=Nc1ccc(C)cc1. The van der Waals surface area contributed by atoms with Crippen LogP contribution in [-0.4, -0.2) is 39.5 Å².